The van der Waals surface area contributed by atoms with Gasteiger partial charge in [-0.25, -0.2) is 0 Å². The fourth-order valence-corrected chi connectivity index (χ4v) is 6.53. The minimum Gasteiger partial charge on any atom is -0.299 e. The molecule has 0 heterocycles. The van der Waals surface area contributed by atoms with Crippen molar-refractivity contribution in [1.82, 2.24) is 0 Å². The number of fused-ring (bicyclic) bond motifs is 5. The number of carbonyl (C=O) groups is 2. The van der Waals surface area contributed by atoms with Crippen molar-refractivity contribution in [1.29, 1.82) is 0 Å². The minimum atomic E-state index is -0.0674. The van der Waals surface area contributed by atoms with Gasteiger partial charge in [0.1, 0.15) is 5.78 Å². The number of allylic oxidation sites excluding steroid dienone is 3. The van der Waals surface area contributed by atoms with Crippen LogP contribution in [0, 0.1) is 28.6 Å². The van der Waals surface area contributed by atoms with E-state index in [4.69, 9.17) is 0 Å². The molecular formula is C21H28O2. The summed E-state index contributed by atoms with van der Waals surface area (Å²) in [6, 6.07) is 0. The Morgan fingerprint density at radius 2 is 1.78 bits per heavy atom. The largest absolute Gasteiger partial charge is 0.299 e. The minimum absolute atomic E-state index is 0.0674. The van der Waals surface area contributed by atoms with Gasteiger partial charge in [0, 0.05) is 18.3 Å². The maximum Gasteiger partial charge on any atom is 0.156 e. The molecule has 4 aliphatic carbocycles. The summed E-state index contributed by atoms with van der Waals surface area (Å²) in [4.78, 5) is 24.5. The molecule has 2 nitrogen and oxygen atoms in total. The van der Waals surface area contributed by atoms with Crippen LogP contribution in [0.25, 0.3) is 0 Å². The Bertz CT molecular complexity index is 640. The van der Waals surface area contributed by atoms with E-state index in [1.807, 2.05) is 6.08 Å². The van der Waals surface area contributed by atoms with Gasteiger partial charge < -0.3 is 0 Å². The van der Waals surface area contributed by atoms with Crippen LogP contribution in [0.3, 0.4) is 0 Å². The molecule has 5 atom stereocenters. The fraction of sp³-hybridized carbons (Fsp3) is 0.714. The molecule has 23 heavy (non-hydrogen) atoms. The van der Waals surface area contributed by atoms with E-state index in [-0.39, 0.29) is 10.8 Å². The average molecular weight is 312 g/mol. The number of carbonyl (C=O) groups excluding carboxylic acids is 2. The van der Waals surface area contributed by atoms with Crippen molar-refractivity contribution in [2.45, 2.75) is 65.7 Å². The van der Waals surface area contributed by atoms with Gasteiger partial charge in [-0.1, -0.05) is 19.9 Å². The highest BCUT2D eigenvalue weighted by atomic mass is 16.1. The first-order valence-electron chi connectivity index (χ1n) is 9.34. The zero-order chi connectivity index (χ0) is 16.4. The van der Waals surface area contributed by atoms with Gasteiger partial charge in [0.15, 0.2) is 5.78 Å². The van der Waals surface area contributed by atoms with E-state index in [9.17, 15) is 9.59 Å². The van der Waals surface area contributed by atoms with E-state index in [0.29, 0.717) is 35.7 Å². The molecule has 0 N–H and O–H groups in total. The molecule has 0 aliphatic heterocycles. The van der Waals surface area contributed by atoms with E-state index >= 15 is 0 Å². The van der Waals surface area contributed by atoms with Crippen molar-refractivity contribution >= 4 is 11.6 Å². The van der Waals surface area contributed by atoms with Gasteiger partial charge in [0.2, 0.25) is 0 Å². The summed E-state index contributed by atoms with van der Waals surface area (Å²) >= 11 is 0. The summed E-state index contributed by atoms with van der Waals surface area (Å²) in [6.45, 7) is 6.74. The monoisotopic (exact) mass is 312 g/mol. The van der Waals surface area contributed by atoms with Crippen LogP contribution in [0.4, 0.5) is 0 Å². The molecule has 3 saturated carbocycles. The molecule has 4 rings (SSSR count). The summed E-state index contributed by atoms with van der Waals surface area (Å²) in [7, 11) is 0. The van der Waals surface area contributed by atoms with Gasteiger partial charge in [-0.2, -0.15) is 0 Å². The van der Waals surface area contributed by atoms with Crippen molar-refractivity contribution < 1.29 is 9.59 Å². The molecule has 0 aromatic heterocycles. The van der Waals surface area contributed by atoms with Crippen molar-refractivity contribution in [2.24, 2.45) is 28.6 Å². The quantitative estimate of drug-likeness (QED) is 0.653. The molecular weight excluding hydrogens is 284 g/mol. The second-order valence-electron chi connectivity index (χ2n) is 8.75. The molecule has 0 bridgehead atoms. The van der Waals surface area contributed by atoms with Gasteiger partial charge in [0.05, 0.1) is 0 Å². The Labute approximate surface area is 139 Å². The Hall–Kier alpha value is -1.18. The Balaban J connectivity index is 1.79. The number of Topliss-reactive ketones (excluding diaryl/α,β-unsaturated/α-hetero) is 1. The number of ketones is 2. The Morgan fingerprint density at radius 3 is 2.52 bits per heavy atom. The summed E-state index contributed by atoms with van der Waals surface area (Å²) in [5.41, 5.74) is 2.78. The zero-order valence-electron chi connectivity index (χ0n) is 14.7. The average Bonchev–Trinajstić information content (AvgIpc) is 2.83. The second-order valence-corrected chi connectivity index (χ2v) is 8.75. The maximum atomic E-state index is 12.5. The van der Waals surface area contributed by atoms with Crippen LogP contribution < -0.4 is 0 Å². The van der Waals surface area contributed by atoms with Crippen LogP contribution in [0.1, 0.15) is 65.7 Å². The van der Waals surface area contributed by atoms with E-state index in [0.717, 1.165) is 38.5 Å². The van der Waals surface area contributed by atoms with E-state index in [1.165, 1.54) is 11.1 Å². The normalized spacial score (nSPS) is 47.9. The van der Waals surface area contributed by atoms with Crippen LogP contribution >= 0.6 is 0 Å². The molecule has 0 aromatic rings. The second kappa shape index (κ2) is 4.91. The lowest BCUT2D eigenvalue weighted by molar-refractivity contribution is -0.132. The molecule has 0 spiro atoms. The van der Waals surface area contributed by atoms with Crippen LogP contribution in [0.5, 0.6) is 0 Å². The topological polar surface area (TPSA) is 34.1 Å². The summed E-state index contributed by atoms with van der Waals surface area (Å²) in [6.07, 6.45) is 11.0. The predicted octanol–water partition coefficient (Wildman–Crippen LogP) is 4.64. The summed E-state index contributed by atoms with van der Waals surface area (Å²) < 4.78 is 0. The van der Waals surface area contributed by atoms with Crippen molar-refractivity contribution in [3.63, 3.8) is 0 Å². The van der Waals surface area contributed by atoms with Crippen LogP contribution in [0.2, 0.25) is 0 Å². The number of hydrogen-bond acceptors (Lipinski definition) is 2. The third-order valence-corrected chi connectivity index (χ3v) is 7.93. The fourth-order valence-electron chi connectivity index (χ4n) is 6.53. The maximum absolute atomic E-state index is 12.5. The highest BCUT2D eigenvalue weighted by Gasteiger charge is 2.59. The van der Waals surface area contributed by atoms with Gasteiger partial charge in [0.25, 0.3) is 0 Å². The van der Waals surface area contributed by atoms with Crippen molar-refractivity contribution in [3.8, 4) is 0 Å². The van der Waals surface area contributed by atoms with E-state index in [2.05, 4.69) is 26.8 Å². The highest BCUT2D eigenvalue weighted by Crippen LogP contribution is 2.65. The molecule has 0 aromatic carbocycles. The predicted molar refractivity (Wildman–Crippen MR) is 90.9 cm³/mol. The van der Waals surface area contributed by atoms with Crippen LogP contribution in [-0.4, -0.2) is 11.6 Å². The van der Waals surface area contributed by atoms with E-state index < -0.39 is 0 Å². The molecule has 0 saturated heterocycles. The third kappa shape index (κ3) is 1.93. The number of rotatable bonds is 0. The first-order valence-corrected chi connectivity index (χ1v) is 9.34. The molecule has 0 radical (unpaired) electrons. The Morgan fingerprint density at radius 1 is 1.04 bits per heavy atom. The SMILES string of the molecule is CC=C1C[C@@H]2[C@H](CC[C@]3(C)C(=O)CC[C@@H]23)[C@@]2(C)CCC(=O)C=C12. The molecule has 2 heteroatoms. The highest BCUT2D eigenvalue weighted by molar-refractivity contribution is 5.92. The summed E-state index contributed by atoms with van der Waals surface area (Å²) in [5, 5.41) is 0. The first-order chi connectivity index (χ1) is 10.9. The van der Waals surface area contributed by atoms with Crippen LogP contribution in [-0.2, 0) is 9.59 Å². The molecule has 3 fully saturated rings. The Kier molecular flexibility index (Phi) is 3.28. The van der Waals surface area contributed by atoms with Crippen molar-refractivity contribution in [3.05, 3.63) is 23.3 Å². The van der Waals surface area contributed by atoms with Gasteiger partial charge in [-0.3, -0.25) is 9.59 Å². The first kappa shape index (κ1) is 15.4. The van der Waals surface area contributed by atoms with E-state index in [1.54, 1.807) is 0 Å². The van der Waals surface area contributed by atoms with Crippen molar-refractivity contribution in [2.75, 3.05) is 0 Å². The van der Waals surface area contributed by atoms with Crippen LogP contribution in [0.15, 0.2) is 23.3 Å². The lowest BCUT2D eigenvalue weighted by Crippen LogP contribution is -2.51. The van der Waals surface area contributed by atoms with Gasteiger partial charge >= 0.3 is 0 Å². The molecule has 124 valence electrons. The standard InChI is InChI=1S/C21H28O2/c1-4-13-11-15-16-5-6-19(23)21(16,3)10-8-17(15)20(2)9-7-14(22)12-18(13)20/h4,12,15-17H,5-11H2,1-3H3/t15-,16-,17-,20+,21-/m0/s1. The third-order valence-electron chi connectivity index (χ3n) is 7.93. The lowest BCUT2D eigenvalue weighted by Gasteiger charge is -2.57. The van der Waals surface area contributed by atoms with Gasteiger partial charge in [-0.15, -0.1) is 0 Å². The summed E-state index contributed by atoms with van der Waals surface area (Å²) in [5.74, 6) is 2.64. The van der Waals surface area contributed by atoms with Gasteiger partial charge in [-0.05, 0) is 79.4 Å². The zero-order valence-corrected chi connectivity index (χ0v) is 14.7. The number of hydrogen-bond donors (Lipinski definition) is 0. The molecule has 0 unspecified atom stereocenters. The molecule has 4 aliphatic rings. The smallest absolute Gasteiger partial charge is 0.156 e. The molecule has 0 amide bonds. The lowest BCUT2D eigenvalue weighted by atomic mass is 9.46.